The molecule has 0 saturated heterocycles. The summed E-state index contributed by atoms with van der Waals surface area (Å²) in [4.78, 5) is 17.8. The van der Waals surface area contributed by atoms with Gasteiger partial charge in [0.1, 0.15) is 11.3 Å². The van der Waals surface area contributed by atoms with E-state index in [9.17, 15) is 13.2 Å². The van der Waals surface area contributed by atoms with Gasteiger partial charge in [-0.3, -0.25) is 9.78 Å². The minimum atomic E-state index is -4.22. The molecule has 1 amide bonds. The number of sulfonamides is 1. The molecule has 0 bridgehead atoms. The van der Waals surface area contributed by atoms with Crippen molar-refractivity contribution in [2.24, 2.45) is 0 Å². The average Bonchev–Trinajstić information content (AvgIpc) is 3.17. The zero-order valence-electron chi connectivity index (χ0n) is 19.5. The van der Waals surface area contributed by atoms with E-state index >= 15 is 0 Å². The van der Waals surface area contributed by atoms with Gasteiger partial charge in [0.05, 0.1) is 10.6 Å². The van der Waals surface area contributed by atoms with Crippen LogP contribution in [0.4, 0.5) is 5.69 Å². The summed E-state index contributed by atoms with van der Waals surface area (Å²) in [7, 11) is -4.22. The van der Waals surface area contributed by atoms with E-state index in [2.05, 4.69) is 4.98 Å². The predicted octanol–water partition coefficient (Wildman–Crippen LogP) is 5.67. The monoisotopic (exact) mass is 474 g/mol. The lowest BCUT2D eigenvalue weighted by Gasteiger charge is -2.25. The molecule has 34 heavy (non-hydrogen) atoms. The number of fused-ring (bicyclic) bond motifs is 3. The van der Waals surface area contributed by atoms with Crippen LogP contribution in [-0.4, -0.2) is 19.3 Å². The fraction of sp³-hybridized carbons (Fsp3) is 0.259. The van der Waals surface area contributed by atoms with Gasteiger partial charge in [-0.2, -0.15) is 4.31 Å². The molecule has 0 N–H and O–H groups in total. The molecule has 2 aromatic heterocycles. The van der Waals surface area contributed by atoms with Crippen molar-refractivity contribution in [3.63, 3.8) is 0 Å². The number of benzene rings is 2. The number of aryl methyl sites for hydroxylation is 5. The number of furan rings is 1. The molecule has 6 nitrogen and oxygen atoms in total. The summed E-state index contributed by atoms with van der Waals surface area (Å²) in [5.41, 5.74) is 4.54. The Balaban J connectivity index is 1.74. The second kappa shape index (κ2) is 8.40. The Bertz CT molecular complexity index is 1500. The summed E-state index contributed by atoms with van der Waals surface area (Å²) < 4.78 is 35.2. The van der Waals surface area contributed by atoms with Crippen LogP contribution in [0.2, 0.25) is 0 Å². The Hall–Kier alpha value is -3.45. The van der Waals surface area contributed by atoms with E-state index in [-0.39, 0.29) is 10.5 Å². The maximum absolute atomic E-state index is 14.1. The van der Waals surface area contributed by atoms with Gasteiger partial charge >= 0.3 is 0 Å². The van der Waals surface area contributed by atoms with Crippen LogP contribution < -0.4 is 4.31 Å². The molecule has 0 aliphatic heterocycles. The summed E-state index contributed by atoms with van der Waals surface area (Å²) in [5.74, 6) is 0.331. The van der Waals surface area contributed by atoms with E-state index in [1.54, 1.807) is 32.0 Å². The summed E-state index contributed by atoms with van der Waals surface area (Å²) in [6.07, 6.45) is 6.86. The number of anilines is 1. The van der Waals surface area contributed by atoms with Crippen molar-refractivity contribution in [1.29, 1.82) is 0 Å². The lowest BCUT2D eigenvalue weighted by atomic mass is 9.96. The van der Waals surface area contributed by atoms with Crippen LogP contribution in [-0.2, 0) is 22.9 Å². The van der Waals surface area contributed by atoms with Crippen LogP contribution in [0.5, 0.6) is 0 Å². The number of hydrogen-bond acceptors (Lipinski definition) is 5. The average molecular weight is 475 g/mol. The SMILES string of the molecule is Cc1cc(C)c(S(=O)(=O)N(C(=O)c2ccncc2)c2ccc3oc4c(c3c2)CCCC4)c(C)c1. The van der Waals surface area contributed by atoms with Gasteiger partial charge < -0.3 is 4.42 Å². The summed E-state index contributed by atoms with van der Waals surface area (Å²) >= 11 is 0. The minimum Gasteiger partial charge on any atom is -0.461 e. The van der Waals surface area contributed by atoms with E-state index in [0.29, 0.717) is 22.4 Å². The topological polar surface area (TPSA) is 80.5 Å². The highest BCUT2D eigenvalue weighted by atomic mass is 32.2. The van der Waals surface area contributed by atoms with Crippen molar-refractivity contribution in [3.8, 4) is 0 Å². The molecule has 2 aromatic carbocycles. The zero-order valence-corrected chi connectivity index (χ0v) is 20.3. The second-order valence-electron chi connectivity index (χ2n) is 8.93. The van der Waals surface area contributed by atoms with Crippen LogP contribution in [0.1, 0.15) is 51.2 Å². The molecular formula is C27H26N2O4S. The first-order chi connectivity index (χ1) is 16.3. The largest absolute Gasteiger partial charge is 0.461 e. The van der Waals surface area contributed by atoms with Crippen molar-refractivity contribution in [2.75, 3.05) is 4.31 Å². The Morgan fingerprint density at radius 3 is 2.32 bits per heavy atom. The minimum absolute atomic E-state index is 0.148. The number of carbonyl (C=O) groups excluding carboxylic acids is 1. The number of aromatic nitrogens is 1. The van der Waals surface area contributed by atoms with E-state index in [0.717, 1.165) is 52.3 Å². The normalized spacial score (nSPS) is 13.6. The first-order valence-corrected chi connectivity index (χ1v) is 12.8. The Morgan fingerprint density at radius 2 is 1.62 bits per heavy atom. The van der Waals surface area contributed by atoms with E-state index < -0.39 is 15.9 Å². The molecule has 7 heteroatoms. The van der Waals surface area contributed by atoms with Crippen molar-refractivity contribution in [3.05, 3.63) is 88.4 Å². The smallest absolute Gasteiger partial charge is 0.272 e. The third-order valence-corrected chi connectivity index (χ3v) is 8.41. The molecule has 1 aliphatic rings. The number of hydrogen-bond donors (Lipinski definition) is 0. The fourth-order valence-corrected chi connectivity index (χ4v) is 6.85. The maximum atomic E-state index is 14.1. The molecule has 0 spiro atoms. The fourth-order valence-electron chi connectivity index (χ4n) is 5.02. The maximum Gasteiger partial charge on any atom is 0.272 e. The molecule has 5 rings (SSSR count). The van der Waals surface area contributed by atoms with Crippen LogP contribution in [0, 0.1) is 20.8 Å². The van der Waals surface area contributed by atoms with Crippen molar-refractivity contribution in [1.82, 2.24) is 4.98 Å². The van der Waals surface area contributed by atoms with Gasteiger partial charge in [0.2, 0.25) is 0 Å². The van der Waals surface area contributed by atoms with Crippen LogP contribution in [0.3, 0.4) is 0 Å². The van der Waals surface area contributed by atoms with Gasteiger partial charge in [-0.05, 0) is 81.5 Å². The van der Waals surface area contributed by atoms with Gasteiger partial charge in [-0.15, -0.1) is 0 Å². The second-order valence-corrected chi connectivity index (χ2v) is 10.7. The number of amides is 1. The number of nitrogens with zero attached hydrogens (tertiary/aromatic N) is 2. The molecule has 1 aliphatic carbocycles. The first-order valence-electron chi connectivity index (χ1n) is 11.4. The molecular weight excluding hydrogens is 448 g/mol. The van der Waals surface area contributed by atoms with Crippen molar-refractivity contribution in [2.45, 2.75) is 51.3 Å². The van der Waals surface area contributed by atoms with E-state index in [1.807, 2.05) is 19.1 Å². The quantitative estimate of drug-likeness (QED) is 0.381. The van der Waals surface area contributed by atoms with Crippen molar-refractivity contribution < 1.29 is 17.6 Å². The molecule has 174 valence electrons. The number of pyridine rings is 1. The van der Waals surface area contributed by atoms with Crippen LogP contribution in [0.15, 0.2) is 64.2 Å². The van der Waals surface area contributed by atoms with Gasteiger partial charge in [0.25, 0.3) is 15.9 Å². The number of carbonyl (C=O) groups is 1. The predicted molar refractivity (Wildman–Crippen MR) is 132 cm³/mol. The summed E-state index contributed by atoms with van der Waals surface area (Å²) in [6, 6.07) is 11.9. The molecule has 0 saturated carbocycles. The van der Waals surface area contributed by atoms with Crippen LogP contribution in [0.25, 0.3) is 11.0 Å². The van der Waals surface area contributed by atoms with E-state index in [4.69, 9.17) is 4.42 Å². The zero-order chi connectivity index (χ0) is 24.0. The highest BCUT2D eigenvalue weighted by Crippen LogP contribution is 2.37. The van der Waals surface area contributed by atoms with Crippen molar-refractivity contribution >= 4 is 32.6 Å². The Kier molecular flexibility index (Phi) is 5.52. The Labute approximate surface area is 199 Å². The molecule has 0 atom stereocenters. The van der Waals surface area contributed by atoms with Crippen LogP contribution >= 0.6 is 0 Å². The van der Waals surface area contributed by atoms with Gasteiger partial charge in [-0.25, -0.2) is 8.42 Å². The lowest BCUT2D eigenvalue weighted by Crippen LogP contribution is -2.37. The number of rotatable bonds is 4. The Morgan fingerprint density at radius 1 is 0.941 bits per heavy atom. The molecule has 0 radical (unpaired) electrons. The molecule has 2 heterocycles. The van der Waals surface area contributed by atoms with Gasteiger partial charge in [0, 0.05) is 35.3 Å². The highest BCUT2D eigenvalue weighted by Gasteiger charge is 2.35. The lowest BCUT2D eigenvalue weighted by molar-refractivity contribution is 0.101. The standard InChI is InChI=1S/C27H26N2O4S/c1-17-14-18(2)26(19(3)15-17)34(31,32)29(27(30)20-10-12-28-13-11-20)21-8-9-25-23(16-21)22-6-4-5-7-24(22)33-25/h8-16H,4-7H2,1-3H3. The molecule has 0 fully saturated rings. The summed E-state index contributed by atoms with van der Waals surface area (Å²) in [6.45, 7) is 5.45. The first kappa shape index (κ1) is 22.3. The third-order valence-electron chi connectivity index (χ3n) is 6.39. The summed E-state index contributed by atoms with van der Waals surface area (Å²) in [5, 5.41) is 0.868. The van der Waals surface area contributed by atoms with Gasteiger partial charge in [0.15, 0.2) is 0 Å². The van der Waals surface area contributed by atoms with Gasteiger partial charge in [-0.1, -0.05) is 17.7 Å². The third kappa shape index (κ3) is 3.70. The molecule has 4 aromatic rings. The molecule has 0 unspecified atom stereocenters. The highest BCUT2D eigenvalue weighted by molar-refractivity contribution is 7.93. The van der Waals surface area contributed by atoms with E-state index in [1.165, 1.54) is 24.5 Å².